The molecule has 0 aliphatic carbocycles. The van der Waals surface area contributed by atoms with E-state index in [0.29, 0.717) is 12.0 Å². The summed E-state index contributed by atoms with van der Waals surface area (Å²) in [6.07, 6.45) is 1.19. The first-order valence-electron chi connectivity index (χ1n) is 5.55. The van der Waals surface area contributed by atoms with E-state index in [-0.39, 0.29) is 0 Å². The van der Waals surface area contributed by atoms with E-state index >= 15 is 0 Å². The number of hydrogen-bond acceptors (Lipinski definition) is 2. The van der Waals surface area contributed by atoms with Gasteiger partial charge in [0.15, 0.2) is 0 Å². The van der Waals surface area contributed by atoms with Gasteiger partial charge in [-0.3, -0.25) is 0 Å². The van der Waals surface area contributed by atoms with Gasteiger partial charge in [0.05, 0.1) is 0 Å². The summed E-state index contributed by atoms with van der Waals surface area (Å²) in [6, 6.07) is 2.70. The van der Waals surface area contributed by atoms with Crippen LogP contribution in [0.25, 0.3) is 0 Å². The van der Waals surface area contributed by atoms with Crippen LogP contribution < -0.4 is 5.32 Å². The molecule has 0 fully saturated rings. The summed E-state index contributed by atoms with van der Waals surface area (Å²) >= 11 is 5.54. The third kappa shape index (κ3) is 3.58. The lowest BCUT2D eigenvalue weighted by Gasteiger charge is -2.21. The molecule has 1 N–H and O–H groups in total. The van der Waals surface area contributed by atoms with Crippen molar-refractivity contribution in [3.63, 3.8) is 0 Å². The highest BCUT2D eigenvalue weighted by molar-refractivity contribution is 9.10. The van der Waals surface area contributed by atoms with Gasteiger partial charge in [0, 0.05) is 20.3 Å². The highest BCUT2D eigenvalue weighted by Gasteiger charge is 2.19. The van der Waals surface area contributed by atoms with Gasteiger partial charge in [0.25, 0.3) is 0 Å². The lowest BCUT2D eigenvalue weighted by atomic mass is 10.0. The van der Waals surface area contributed by atoms with Crippen molar-refractivity contribution in [1.29, 1.82) is 0 Å². The zero-order chi connectivity index (χ0) is 11.4. The van der Waals surface area contributed by atoms with Gasteiger partial charge >= 0.3 is 0 Å². The van der Waals surface area contributed by atoms with Gasteiger partial charge in [0.1, 0.15) is 0 Å². The largest absolute Gasteiger partial charge is 0.309 e. The number of halogens is 1. The van der Waals surface area contributed by atoms with E-state index < -0.39 is 0 Å². The van der Waals surface area contributed by atoms with Crippen LogP contribution >= 0.6 is 27.3 Å². The molecule has 1 aromatic heterocycles. The molecule has 0 radical (unpaired) electrons. The summed E-state index contributed by atoms with van der Waals surface area (Å²) in [5.41, 5.74) is 0. The van der Waals surface area contributed by atoms with Crippen molar-refractivity contribution in [3.8, 4) is 0 Å². The summed E-state index contributed by atoms with van der Waals surface area (Å²) in [4.78, 5) is 2.82. The van der Waals surface area contributed by atoms with Gasteiger partial charge in [0.2, 0.25) is 0 Å². The molecular formula is C12H20BrNS. The molecule has 1 unspecified atom stereocenters. The van der Waals surface area contributed by atoms with Crippen molar-refractivity contribution in [3.05, 3.63) is 20.3 Å². The molecule has 0 saturated carbocycles. The van der Waals surface area contributed by atoms with E-state index in [1.54, 1.807) is 0 Å². The molecule has 0 aliphatic rings. The van der Waals surface area contributed by atoms with Crippen molar-refractivity contribution in [2.75, 3.05) is 6.54 Å². The molecule has 0 aliphatic heterocycles. The molecule has 1 rings (SSSR count). The van der Waals surface area contributed by atoms with Gasteiger partial charge in [-0.25, -0.2) is 0 Å². The molecule has 0 bridgehead atoms. The fraction of sp³-hybridized carbons (Fsp3) is 0.667. The quantitative estimate of drug-likeness (QED) is 0.841. The average Bonchev–Trinajstić information content (AvgIpc) is 2.46. The Morgan fingerprint density at radius 1 is 1.47 bits per heavy atom. The smallest absolute Gasteiger partial charge is 0.0449 e. The monoisotopic (exact) mass is 289 g/mol. The van der Waals surface area contributed by atoms with E-state index in [0.717, 1.165) is 6.54 Å². The topological polar surface area (TPSA) is 12.0 Å². The van der Waals surface area contributed by atoms with Gasteiger partial charge < -0.3 is 5.32 Å². The third-order valence-electron chi connectivity index (χ3n) is 2.40. The lowest BCUT2D eigenvalue weighted by Crippen LogP contribution is -2.25. The van der Waals surface area contributed by atoms with Crippen molar-refractivity contribution in [1.82, 2.24) is 5.32 Å². The van der Waals surface area contributed by atoms with E-state index in [1.165, 1.54) is 20.6 Å². The average molecular weight is 290 g/mol. The van der Waals surface area contributed by atoms with E-state index in [4.69, 9.17) is 0 Å². The molecule has 1 heterocycles. The van der Waals surface area contributed by atoms with Crippen LogP contribution in [0.3, 0.4) is 0 Å². The van der Waals surface area contributed by atoms with Gasteiger partial charge in [-0.2, -0.15) is 0 Å². The summed E-state index contributed by atoms with van der Waals surface area (Å²) in [5.74, 6) is 0.630. The Labute approximate surface area is 105 Å². The minimum Gasteiger partial charge on any atom is -0.309 e. The first kappa shape index (κ1) is 13.2. The number of nitrogens with one attached hydrogen (secondary N) is 1. The standard InChI is InChI=1S/C12H20BrNS/c1-5-6-14-11(8(2)3)12-10(13)7-9(4)15-12/h7-8,11,14H,5-6H2,1-4H3. The Bertz CT molecular complexity index is 307. The molecule has 0 spiro atoms. The molecule has 0 amide bonds. The van der Waals surface area contributed by atoms with Crippen molar-refractivity contribution < 1.29 is 0 Å². The van der Waals surface area contributed by atoms with Crippen LogP contribution in [-0.2, 0) is 0 Å². The summed E-state index contributed by atoms with van der Waals surface area (Å²) < 4.78 is 1.26. The van der Waals surface area contributed by atoms with Gasteiger partial charge in [-0.05, 0) is 47.8 Å². The Morgan fingerprint density at radius 3 is 2.53 bits per heavy atom. The predicted molar refractivity (Wildman–Crippen MR) is 72.6 cm³/mol. The molecule has 15 heavy (non-hydrogen) atoms. The van der Waals surface area contributed by atoms with Crippen LogP contribution in [0.2, 0.25) is 0 Å². The number of rotatable bonds is 5. The Hall–Kier alpha value is 0.140. The Morgan fingerprint density at radius 2 is 2.13 bits per heavy atom. The molecule has 0 aromatic carbocycles. The molecule has 86 valence electrons. The first-order valence-corrected chi connectivity index (χ1v) is 7.16. The van der Waals surface area contributed by atoms with Crippen LogP contribution in [-0.4, -0.2) is 6.54 Å². The Kier molecular flexibility index (Phi) is 5.30. The summed E-state index contributed by atoms with van der Waals surface area (Å²) in [6.45, 7) is 10.0. The maximum atomic E-state index is 3.65. The first-order chi connectivity index (χ1) is 7.06. The summed E-state index contributed by atoms with van der Waals surface area (Å²) in [5, 5.41) is 3.62. The molecule has 3 heteroatoms. The fourth-order valence-electron chi connectivity index (χ4n) is 1.64. The second kappa shape index (κ2) is 6.02. The minimum absolute atomic E-state index is 0.484. The van der Waals surface area contributed by atoms with Crippen molar-refractivity contribution in [2.45, 2.75) is 40.2 Å². The second-order valence-electron chi connectivity index (χ2n) is 4.25. The SMILES string of the molecule is CCCNC(c1sc(C)cc1Br)C(C)C. The molecule has 1 aromatic rings. The van der Waals surface area contributed by atoms with E-state index in [1.807, 2.05) is 11.3 Å². The maximum Gasteiger partial charge on any atom is 0.0449 e. The third-order valence-corrected chi connectivity index (χ3v) is 4.45. The van der Waals surface area contributed by atoms with Crippen LogP contribution in [0.5, 0.6) is 0 Å². The maximum absolute atomic E-state index is 3.65. The second-order valence-corrected chi connectivity index (χ2v) is 6.39. The number of hydrogen-bond donors (Lipinski definition) is 1. The lowest BCUT2D eigenvalue weighted by molar-refractivity contribution is 0.417. The van der Waals surface area contributed by atoms with E-state index in [9.17, 15) is 0 Å². The minimum atomic E-state index is 0.484. The number of aryl methyl sites for hydroxylation is 1. The van der Waals surface area contributed by atoms with Crippen molar-refractivity contribution >= 4 is 27.3 Å². The fourth-order valence-corrected chi connectivity index (χ4v) is 3.79. The molecule has 1 atom stereocenters. The molecule has 1 nitrogen and oxygen atoms in total. The summed E-state index contributed by atoms with van der Waals surface area (Å²) in [7, 11) is 0. The Balaban J connectivity index is 2.83. The van der Waals surface area contributed by atoms with Crippen LogP contribution in [0.1, 0.15) is 43.0 Å². The highest BCUT2D eigenvalue weighted by atomic mass is 79.9. The van der Waals surface area contributed by atoms with Crippen molar-refractivity contribution in [2.24, 2.45) is 5.92 Å². The predicted octanol–water partition coefficient (Wildman–Crippen LogP) is 4.52. The molecule has 0 saturated heterocycles. The molecular weight excluding hydrogens is 270 g/mol. The number of thiophene rings is 1. The normalized spacial score (nSPS) is 13.5. The van der Waals surface area contributed by atoms with Crippen LogP contribution in [0.15, 0.2) is 10.5 Å². The van der Waals surface area contributed by atoms with Crippen LogP contribution in [0.4, 0.5) is 0 Å². The van der Waals surface area contributed by atoms with Gasteiger partial charge in [-0.15, -0.1) is 11.3 Å². The zero-order valence-corrected chi connectivity index (χ0v) is 12.3. The zero-order valence-electron chi connectivity index (χ0n) is 9.93. The highest BCUT2D eigenvalue weighted by Crippen LogP contribution is 2.35. The van der Waals surface area contributed by atoms with Crippen LogP contribution in [0, 0.1) is 12.8 Å². The van der Waals surface area contributed by atoms with E-state index in [2.05, 4.69) is 55.0 Å². The van der Waals surface area contributed by atoms with Gasteiger partial charge in [-0.1, -0.05) is 20.8 Å².